The van der Waals surface area contributed by atoms with Crippen LogP contribution in [0.1, 0.15) is 12.5 Å². The quantitative estimate of drug-likeness (QED) is 0.639. The van der Waals surface area contributed by atoms with E-state index >= 15 is 0 Å². The minimum Gasteiger partial charge on any atom is -0.347 e. The average molecular weight is 287 g/mol. The molecule has 0 aliphatic carbocycles. The number of aryl methyl sites for hydroxylation is 1. The van der Waals surface area contributed by atoms with Crippen LogP contribution in [0.4, 0.5) is 23.5 Å². The first kappa shape index (κ1) is 15.0. The van der Waals surface area contributed by atoms with Gasteiger partial charge in [0.15, 0.2) is 0 Å². The summed E-state index contributed by atoms with van der Waals surface area (Å²) in [5, 5.41) is 0. The van der Waals surface area contributed by atoms with E-state index in [0.29, 0.717) is 17.8 Å². The largest absolute Gasteiger partial charge is 0.347 e. The molecule has 2 rings (SSSR count). The standard InChI is InChI=1S/C14H21N7/c1-5-21(11-8-6-10(2)7-9-11)14-17-12(19-15)16-13(18-14)20(3)4/h6-9H,5,15H2,1-4H3,(H,16,17,18,19). The fourth-order valence-corrected chi connectivity index (χ4v) is 1.90. The average Bonchev–Trinajstić information content (AvgIpc) is 2.49. The Labute approximate surface area is 124 Å². The van der Waals surface area contributed by atoms with Crippen molar-refractivity contribution in [3.63, 3.8) is 0 Å². The van der Waals surface area contributed by atoms with Gasteiger partial charge in [-0.3, -0.25) is 5.43 Å². The summed E-state index contributed by atoms with van der Waals surface area (Å²) >= 11 is 0. The van der Waals surface area contributed by atoms with Crippen molar-refractivity contribution in [2.45, 2.75) is 13.8 Å². The van der Waals surface area contributed by atoms with Gasteiger partial charge < -0.3 is 9.80 Å². The second-order valence-electron chi connectivity index (χ2n) is 4.88. The van der Waals surface area contributed by atoms with E-state index in [9.17, 15) is 0 Å². The molecule has 1 aromatic carbocycles. The van der Waals surface area contributed by atoms with E-state index < -0.39 is 0 Å². The molecule has 21 heavy (non-hydrogen) atoms. The predicted molar refractivity (Wildman–Crippen MR) is 85.8 cm³/mol. The number of hydrogen-bond acceptors (Lipinski definition) is 7. The molecule has 2 aromatic rings. The summed E-state index contributed by atoms with van der Waals surface area (Å²) < 4.78 is 0. The molecule has 1 heterocycles. The summed E-state index contributed by atoms with van der Waals surface area (Å²) in [6.07, 6.45) is 0. The Balaban J connectivity index is 2.46. The van der Waals surface area contributed by atoms with Gasteiger partial charge in [-0.25, -0.2) is 5.84 Å². The second-order valence-corrected chi connectivity index (χ2v) is 4.88. The highest BCUT2D eigenvalue weighted by molar-refractivity contribution is 5.59. The third kappa shape index (κ3) is 3.38. The van der Waals surface area contributed by atoms with Gasteiger partial charge in [-0.2, -0.15) is 15.0 Å². The van der Waals surface area contributed by atoms with E-state index in [4.69, 9.17) is 5.84 Å². The summed E-state index contributed by atoms with van der Waals surface area (Å²) in [5.74, 6) is 6.91. The van der Waals surface area contributed by atoms with E-state index in [-0.39, 0.29) is 0 Å². The molecular weight excluding hydrogens is 266 g/mol. The number of nitrogen functional groups attached to an aromatic ring is 1. The van der Waals surface area contributed by atoms with Gasteiger partial charge in [0.25, 0.3) is 0 Å². The van der Waals surface area contributed by atoms with E-state index in [1.54, 1.807) is 0 Å². The molecule has 0 unspecified atom stereocenters. The third-order valence-electron chi connectivity index (χ3n) is 3.04. The van der Waals surface area contributed by atoms with Crippen molar-refractivity contribution in [3.8, 4) is 0 Å². The Hall–Kier alpha value is -2.41. The number of rotatable bonds is 5. The minimum atomic E-state index is 0.342. The first-order valence-electron chi connectivity index (χ1n) is 6.79. The number of nitrogens with two attached hydrogens (primary N) is 1. The third-order valence-corrected chi connectivity index (χ3v) is 3.04. The molecule has 3 N–H and O–H groups in total. The van der Waals surface area contributed by atoms with Crippen LogP contribution < -0.4 is 21.1 Å². The van der Waals surface area contributed by atoms with Gasteiger partial charge in [-0.1, -0.05) is 17.7 Å². The van der Waals surface area contributed by atoms with Crippen LogP contribution in [0.15, 0.2) is 24.3 Å². The maximum Gasteiger partial charge on any atom is 0.243 e. The van der Waals surface area contributed by atoms with Crippen LogP contribution in [-0.4, -0.2) is 35.6 Å². The van der Waals surface area contributed by atoms with E-state index in [1.807, 2.05) is 36.0 Å². The molecule has 0 aliphatic rings. The van der Waals surface area contributed by atoms with Crippen molar-refractivity contribution >= 4 is 23.5 Å². The van der Waals surface area contributed by atoms with Crippen LogP contribution in [-0.2, 0) is 0 Å². The molecule has 0 radical (unpaired) electrons. The van der Waals surface area contributed by atoms with E-state index in [0.717, 1.165) is 12.2 Å². The maximum absolute atomic E-state index is 5.45. The summed E-state index contributed by atoms with van der Waals surface area (Å²) in [5.41, 5.74) is 4.73. The molecule has 0 amide bonds. The number of aromatic nitrogens is 3. The fourth-order valence-electron chi connectivity index (χ4n) is 1.90. The molecule has 0 fully saturated rings. The molecule has 7 nitrogen and oxygen atoms in total. The van der Waals surface area contributed by atoms with Gasteiger partial charge in [-0.15, -0.1) is 0 Å². The Bertz CT molecular complexity index is 595. The first-order valence-corrected chi connectivity index (χ1v) is 6.79. The highest BCUT2D eigenvalue weighted by Crippen LogP contribution is 2.24. The van der Waals surface area contributed by atoms with Crippen LogP contribution in [0.3, 0.4) is 0 Å². The summed E-state index contributed by atoms with van der Waals surface area (Å²) in [7, 11) is 3.75. The molecule has 0 atom stereocenters. The molecule has 0 saturated heterocycles. The SMILES string of the molecule is CCN(c1ccc(C)cc1)c1nc(NN)nc(N(C)C)n1. The number of nitrogens with one attached hydrogen (secondary N) is 1. The molecule has 0 spiro atoms. The van der Waals surface area contributed by atoms with Crippen LogP contribution in [0, 0.1) is 6.92 Å². The van der Waals surface area contributed by atoms with Crippen LogP contribution in [0.2, 0.25) is 0 Å². The topological polar surface area (TPSA) is 83.2 Å². The van der Waals surface area contributed by atoms with Crippen molar-refractivity contribution in [2.24, 2.45) is 5.84 Å². The summed E-state index contributed by atoms with van der Waals surface area (Å²) in [6.45, 7) is 4.85. The van der Waals surface area contributed by atoms with Gasteiger partial charge in [0.1, 0.15) is 0 Å². The maximum atomic E-state index is 5.45. The zero-order chi connectivity index (χ0) is 15.4. The van der Waals surface area contributed by atoms with Crippen LogP contribution in [0.5, 0.6) is 0 Å². The first-order chi connectivity index (χ1) is 10.0. The van der Waals surface area contributed by atoms with Crippen molar-refractivity contribution in [2.75, 3.05) is 35.9 Å². The smallest absolute Gasteiger partial charge is 0.243 e. The molecule has 7 heteroatoms. The van der Waals surface area contributed by atoms with Crippen molar-refractivity contribution in [1.29, 1.82) is 0 Å². The van der Waals surface area contributed by atoms with Crippen molar-refractivity contribution < 1.29 is 0 Å². The Morgan fingerprint density at radius 1 is 1.05 bits per heavy atom. The van der Waals surface area contributed by atoms with Gasteiger partial charge in [0.2, 0.25) is 17.8 Å². The van der Waals surface area contributed by atoms with E-state index in [1.165, 1.54) is 5.56 Å². The van der Waals surface area contributed by atoms with Crippen molar-refractivity contribution in [3.05, 3.63) is 29.8 Å². The molecule has 112 valence electrons. The number of benzene rings is 1. The van der Waals surface area contributed by atoms with E-state index in [2.05, 4.69) is 46.4 Å². The molecule has 0 aliphatic heterocycles. The zero-order valence-corrected chi connectivity index (χ0v) is 12.8. The lowest BCUT2D eigenvalue weighted by atomic mass is 10.2. The fraction of sp³-hybridized carbons (Fsp3) is 0.357. The molecule has 0 bridgehead atoms. The number of hydrogen-bond donors (Lipinski definition) is 2. The van der Waals surface area contributed by atoms with Gasteiger partial charge in [0, 0.05) is 26.3 Å². The highest BCUT2D eigenvalue weighted by atomic mass is 15.4. The number of nitrogens with zero attached hydrogens (tertiary/aromatic N) is 5. The van der Waals surface area contributed by atoms with Crippen LogP contribution in [0.25, 0.3) is 0 Å². The lowest BCUT2D eigenvalue weighted by Gasteiger charge is -2.22. The summed E-state index contributed by atoms with van der Waals surface area (Å²) in [6, 6.07) is 8.23. The van der Waals surface area contributed by atoms with Crippen molar-refractivity contribution in [1.82, 2.24) is 15.0 Å². The monoisotopic (exact) mass is 287 g/mol. The van der Waals surface area contributed by atoms with Crippen LogP contribution >= 0.6 is 0 Å². The lowest BCUT2D eigenvalue weighted by molar-refractivity contribution is 0.894. The molecule has 0 saturated carbocycles. The zero-order valence-electron chi connectivity index (χ0n) is 12.8. The normalized spacial score (nSPS) is 10.3. The predicted octanol–water partition coefficient (Wildman–Crippen LogP) is 1.69. The minimum absolute atomic E-state index is 0.342. The van der Waals surface area contributed by atoms with Gasteiger partial charge >= 0.3 is 0 Å². The lowest BCUT2D eigenvalue weighted by Crippen LogP contribution is -2.23. The Morgan fingerprint density at radius 2 is 1.67 bits per heavy atom. The second kappa shape index (κ2) is 6.36. The van der Waals surface area contributed by atoms with Gasteiger partial charge in [0.05, 0.1) is 0 Å². The Kier molecular flexibility index (Phi) is 4.54. The Morgan fingerprint density at radius 3 is 2.19 bits per heavy atom. The molecular formula is C14H21N7. The number of hydrazine groups is 1. The summed E-state index contributed by atoms with van der Waals surface area (Å²) in [4.78, 5) is 16.9. The number of anilines is 4. The van der Waals surface area contributed by atoms with Gasteiger partial charge in [-0.05, 0) is 26.0 Å². The highest BCUT2D eigenvalue weighted by Gasteiger charge is 2.14. The molecule has 1 aromatic heterocycles.